The average Bonchev–Trinajstić information content (AvgIpc) is 3.12. The normalized spacial score (nSPS) is 17.3. The lowest BCUT2D eigenvalue weighted by molar-refractivity contribution is -0.123. The highest BCUT2D eigenvalue weighted by atomic mass is 19.1. The van der Waals surface area contributed by atoms with Crippen molar-refractivity contribution < 1.29 is 23.8 Å². The summed E-state index contributed by atoms with van der Waals surface area (Å²) in [4.78, 5) is 23.7. The first-order chi connectivity index (χ1) is 14.0. The number of carboxylic acid groups (broad SMARTS) is 1. The summed E-state index contributed by atoms with van der Waals surface area (Å²) in [6, 6.07) is 18.0. The second-order valence-corrected chi connectivity index (χ2v) is 6.82. The Hall–Kier alpha value is -3.67. The first-order valence-corrected chi connectivity index (χ1v) is 9.09. The van der Waals surface area contributed by atoms with Crippen LogP contribution in [-0.4, -0.2) is 24.0 Å². The Kier molecular flexibility index (Phi) is 4.76. The second-order valence-electron chi connectivity index (χ2n) is 6.82. The number of amides is 1. The van der Waals surface area contributed by atoms with Gasteiger partial charge < -0.3 is 15.2 Å². The zero-order chi connectivity index (χ0) is 20.5. The van der Waals surface area contributed by atoms with Gasteiger partial charge in [-0.25, -0.2) is 9.18 Å². The van der Waals surface area contributed by atoms with Crippen LogP contribution in [0.3, 0.4) is 0 Å². The van der Waals surface area contributed by atoms with Gasteiger partial charge in [-0.3, -0.25) is 4.79 Å². The summed E-state index contributed by atoms with van der Waals surface area (Å²) < 4.78 is 19.4. The number of halogens is 1. The number of fused-ring (bicyclic) bond motifs is 1. The highest BCUT2D eigenvalue weighted by Gasteiger charge is 2.40. The van der Waals surface area contributed by atoms with Gasteiger partial charge in [-0.1, -0.05) is 30.3 Å². The monoisotopic (exact) mass is 391 g/mol. The highest BCUT2D eigenvalue weighted by Crippen LogP contribution is 2.47. The molecule has 4 rings (SSSR count). The summed E-state index contributed by atoms with van der Waals surface area (Å²) >= 11 is 0. The Bertz CT molecular complexity index is 1080. The molecular weight excluding hydrogens is 373 g/mol. The molecule has 1 aliphatic heterocycles. The van der Waals surface area contributed by atoms with E-state index < -0.39 is 18.0 Å². The number of nitrogens with one attached hydrogen (secondary N) is 1. The molecule has 3 aromatic carbocycles. The molecule has 0 spiro atoms. The summed E-state index contributed by atoms with van der Waals surface area (Å²) in [5, 5.41) is 11.7. The third-order valence-corrected chi connectivity index (χ3v) is 5.09. The number of benzene rings is 3. The minimum atomic E-state index is -0.985. The van der Waals surface area contributed by atoms with Crippen molar-refractivity contribution in [1.82, 2.24) is 5.32 Å². The summed E-state index contributed by atoms with van der Waals surface area (Å²) in [5.74, 6) is -1.53. The predicted octanol–water partition coefficient (Wildman–Crippen LogP) is 4.15. The van der Waals surface area contributed by atoms with Crippen LogP contribution in [-0.2, 0) is 4.79 Å². The molecule has 2 unspecified atom stereocenters. The van der Waals surface area contributed by atoms with Gasteiger partial charge in [0.2, 0.25) is 5.91 Å². The third kappa shape index (κ3) is 3.45. The molecule has 1 heterocycles. The molecule has 0 fully saturated rings. The van der Waals surface area contributed by atoms with Crippen LogP contribution in [0.25, 0.3) is 11.1 Å². The molecule has 2 N–H and O–H groups in total. The van der Waals surface area contributed by atoms with Crippen molar-refractivity contribution in [2.75, 3.05) is 7.05 Å². The number of ether oxygens (including phenoxy) is 1. The number of carboxylic acids is 1. The summed E-state index contributed by atoms with van der Waals surface area (Å²) in [6.45, 7) is 0. The van der Waals surface area contributed by atoms with Crippen molar-refractivity contribution in [3.05, 3.63) is 89.2 Å². The van der Waals surface area contributed by atoms with Crippen molar-refractivity contribution >= 4 is 11.9 Å². The van der Waals surface area contributed by atoms with Crippen molar-refractivity contribution in [3.8, 4) is 16.9 Å². The minimum absolute atomic E-state index is 0.198. The predicted molar refractivity (Wildman–Crippen MR) is 105 cm³/mol. The van der Waals surface area contributed by atoms with Crippen LogP contribution < -0.4 is 10.1 Å². The standard InChI is InChI=1S/C23H18FNO4/c1-25-22(26)20-18-12-16(13-2-4-15(5-3-13)23(27)28)8-11-19(18)29-21(20)14-6-9-17(24)10-7-14/h2-12,20-21H,1H3,(H,25,26)(H,27,28). The Morgan fingerprint density at radius 1 is 0.966 bits per heavy atom. The van der Waals surface area contributed by atoms with Gasteiger partial charge in [-0.15, -0.1) is 0 Å². The topological polar surface area (TPSA) is 75.6 Å². The Morgan fingerprint density at radius 2 is 1.62 bits per heavy atom. The Labute approximate surface area is 166 Å². The number of rotatable bonds is 4. The van der Waals surface area contributed by atoms with Crippen LogP contribution in [0.15, 0.2) is 66.7 Å². The highest BCUT2D eigenvalue weighted by molar-refractivity contribution is 5.89. The number of aromatic carboxylic acids is 1. The van der Waals surface area contributed by atoms with Crippen LogP contribution in [0.5, 0.6) is 5.75 Å². The third-order valence-electron chi connectivity index (χ3n) is 5.09. The smallest absolute Gasteiger partial charge is 0.335 e. The number of hydrogen-bond donors (Lipinski definition) is 2. The van der Waals surface area contributed by atoms with Gasteiger partial charge in [0, 0.05) is 12.6 Å². The van der Waals surface area contributed by atoms with Crippen molar-refractivity contribution in [1.29, 1.82) is 0 Å². The fourth-order valence-electron chi connectivity index (χ4n) is 3.60. The van der Waals surface area contributed by atoms with Crippen molar-refractivity contribution in [3.63, 3.8) is 0 Å². The van der Waals surface area contributed by atoms with Gasteiger partial charge in [0.15, 0.2) is 0 Å². The number of carbonyl (C=O) groups excluding carboxylic acids is 1. The quantitative estimate of drug-likeness (QED) is 0.700. The number of carbonyl (C=O) groups is 2. The summed E-state index contributed by atoms with van der Waals surface area (Å²) in [7, 11) is 1.57. The number of likely N-dealkylation sites (N-methyl/N-ethyl adjacent to an activating group) is 1. The fraction of sp³-hybridized carbons (Fsp3) is 0.130. The SMILES string of the molecule is CNC(=O)C1c2cc(-c3ccc(C(=O)O)cc3)ccc2OC1c1ccc(F)cc1. The van der Waals surface area contributed by atoms with Crippen LogP contribution in [0.1, 0.15) is 33.5 Å². The van der Waals surface area contributed by atoms with E-state index >= 15 is 0 Å². The largest absolute Gasteiger partial charge is 0.484 e. The minimum Gasteiger partial charge on any atom is -0.484 e. The molecular formula is C23H18FNO4. The van der Waals surface area contributed by atoms with Crippen LogP contribution in [0.4, 0.5) is 4.39 Å². The molecule has 1 amide bonds. The maximum Gasteiger partial charge on any atom is 0.335 e. The lowest BCUT2D eigenvalue weighted by Gasteiger charge is -2.18. The van der Waals surface area contributed by atoms with E-state index in [0.717, 1.165) is 16.7 Å². The molecule has 0 saturated carbocycles. The Balaban J connectivity index is 1.74. The van der Waals surface area contributed by atoms with E-state index in [2.05, 4.69) is 5.32 Å². The van der Waals surface area contributed by atoms with Crippen LogP contribution in [0, 0.1) is 5.82 Å². The van der Waals surface area contributed by atoms with Gasteiger partial charge >= 0.3 is 5.97 Å². The molecule has 0 aliphatic carbocycles. The fourth-order valence-corrected chi connectivity index (χ4v) is 3.60. The van der Waals surface area contributed by atoms with E-state index in [1.807, 2.05) is 12.1 Å². The molecule has 0 saturated heterocycles. The van der Waals surface area contributed by atoms with Gasteiger partial charge in [0.05, 0.1) is 5.56 Å². The Morgan fingerprint density at radius 3 is 2.24 bits per heavy atom. The first kappa shape index (κ1) is 18.7. The molecule has 3 aromatic rings. The number of hydrogen-bond acceptors (Lipinski definition) is 3. The van der Waals surface area contributed by atoms with Crippen molar-refractivity contribution in [2.45, 2.75) is 12.0 Å². The van der Waals surface area contributed by atoms with Gasteiger partial charge in [-0.05, 0) is 53.1 Å². The lowest BCUT2D eigenvalue weighted by Crippen LogP contribution is -2.28. The maximum absolute atomic E-state index is 13.3. The molecule has 0 aromatic heterocycles. The average molecular weight is 391 g/mol. The summed E-state index contributed by atoms with van der Waals surface area (Å²) in [5.41, 5.74) is 3.33. The molecule has 146 valence electrons. The van der Waals surface area contributed by atoms with Gasteiger partial charge in [-0.2, -0.15) is 0 Å². The molecule has 1 aliphatic rings. The lowest BCUT2D eigenvalue weighted by atomic mass is 9.88. The maximum atomic E-state index is 13.3. The molecule has 5 nitrogen and oxygen atoms in total. The van der Waals surface area contributed by atoms with E-state index in [1.165, 1.54) is 12.1 Å². The summed E-state index contributed by atoms with van der Waals surface area (Å²) in [6.07, 6.45) is -0.560. The van der Waals surface area contributed by atoms with E-state index in [0.29, 0.717) is 11.3 Å². The van der Waals surface area contributed by atoms with E-state index in [-0.39, 0.29) is 17.3 Å². The molecule has 6 heteroatoms. The van der Waals surface area contributed by atoms with E-state index in [9.17, 15) is 14.0 Å². The van der Waals surface area contributed by atoms with E-state index in [4.69, 9.17) is 9.84 Å². The zero-order valence-corrected chi connectivity index (χ0v) is 15.6. The molecule has 29 heavy (non-hydrogen) atoms. The van der Waals surface area contributed by atoms with Crippen LogP contribution >= 0.6 is 0 Å². The molecule has 0 bridgehead atoms. The van der Waals surface area contributed by atoms with E-state index in [1.54, 1.807) is 49.5 Å². The van der Waals surface area contributed by atoms with Gasteiger partial charge in [0.1, 0.15) is 23.6 Å². The van der Waals surface area contributed by atoms with Crippen LogP contribution in [0.2, 0.25) is 0 Å². The van der Waals surface area contributed by atoms with Crippen molar-refractivity contribution in [2.24, 2.45) is 0 Å². The molecule has 0 radical (unpaired) electrons. The first-order valence-electron chi connectivity index (χ1n) is 9.09. The van der Waals surface area contributed by atoms with Gasteiger partial charge in [0.25, 0.3) is 0 Å². The zero-order valence-electron chi connectivity index (χ0n) is 15.6. The molecule has 2 atom stereocenters. The second kappa shape index (κ2) is 7.39.